The van der Waals surface area contributed by atoms with E-state index >= 15 is 0 Å². The molecule has 11 heteroatoms. The third-order valence-corrected chi connectivity index (χ3v) is 3.67. The Hall–Kier alpha value is -1.00. The summed E-state index contributed by atoms with van der Waals surface area (Å²) in [6.45, 7) is 6.29. The number of hydrogen-bond donors (Lipinski definition) is 2. The lowest BCUT2D eigenvalue weighted by atomic mass is 10.1. The van der Waals surface area contributed by atoms with E-state index in [1.54, 1.807) is 13.8 Å². The monoisotopic (exact) mass is 354 g/mol. The Labute approximate surface area is 132 Å². The molecule has 2 fully saturated rings. The molecule has 2 heterocycles. The Morgan fingerprint density at radius 3 is 2.57 bits per heavy atom. The third-order valence-electron chi connectivity index (χ3n) is 3.19. The van der Waals surface area contributed by atoms with Crippen LogP contribution in [-0.4, -0.2) is 59.9 Å². The van der Waals surface area contributed by atoms with Crippen molar-refractivity contribution in [1.29, 1.82) is 0 Å². The van der Waals surface area contributed by atoms with E-state index in [4.69, 9.17) is 28.7 Å². The van der Waals surface area contributed by atoms with Crippen molar-refractivity contribution in [3.63, 3.8) is 0 Å². The molecule has 0 unspecified atom stereocenters. The molecular formula is C12H19O10P. The summed E-state index contributed by atoms with van der Waals surface area (Å²) in [6, 6.07) is 0. The molecule has 2 aliphatic rings. The number of fused-ring (bicyclic) bond motifs is 1. The number of rotatable bonds is 6. The number of phosphoric acid groups is 1. The fourth-order valence-electron chi connectivity index (χ4n) is 2.32. The molecule has 2 aliphatic heterocycles. The van der Waals surface area contributed by atoms with Crippen LogP contribution in [0.1, 0.15) is 13.8 Å². The number of carbonyl (C=O) groups is 1. The van der Waals surface area contributed by atoms with E-state index in [-0.39, 0.29) is 5.76 Å². The minimum atomic E-state index is -4.69. The minimum Gasteiger partial charge on any atom is -0.478 e. The van der Waals surface area contributed by atoms with Gasteiger partial charge in [-0.25, -0.2) is 9.36 Å². The molecule has 0 amide bonds. The fraction of sp³-hybridized carbons (Fsp3) is 0.750. The van der Waals surface area contributed by atoms with Gasteiger partial charge in [-0.2, -0.15) is 0 Å². The second-order valence-corrected chi connectivity index (χ2v) is 6.67. The van der Waals surface area contributed by atoms with Crippen LogP contribution < -0.4 is 0 Å². The van der Waals surface area contributed by atoms with Crippen molar-refractivity contribution < 1.29 is 47.4 Å². The minimum absolute atomic E-state index is 0.295. The number of esters is 1. The first-order chi connectivity index (χ1) is 10.5. The Morgan fingerprint density at radius 2 is 2.00 bits per heavy atom. The van der Waals surface area contributed by atoms with E-state index in [2.05, 4.69) is 15.8 Å². The van der Waals surface area contributed by atoms with Crippen molar-refractivity contribution in [1.82, 2.24) is 0 Å². The molecule has 2 N–H and O–H groups in total. The van der Waals surface area contributed by atoms with Crippen LogP contribution in [0.3, 0.4) is 0 Å². The van der Waals surface area contributed by atoms with E-state index in [1.807, 2.05) is 0 Å². The van der Waals surface area contributed by atoms with E-state index in [0.29, 0.717) is 0 Å². The standard InChI is InChI=1S/C12H19O10P/c1-6(10(13)17-4)19-8-7(5-18-23(14,15)16)20-11-9(8)21-12(2,3)22-11/h7-9,11H,1,5H2,2-4H3,(H2,14,15,16)/t7-,8-,9+,11+/m1/s1. The Bertz CT molecular complexity index is 526. The van der Waals surface area contributed by atoms with Crippen LogP contribution in [0.15, 0.2) is 12.3 Å². The van der Waals surface area contributed by atoms with Crippen LogP contribution in [0.2, 0.25) is 0 Å². The summed E-state index contributed by atoms with van der Waals surface area (Å²) >= 11 is 0. The van der Waals surface area contributed by atoms with Gasteiger partial charge in [-0.1, -0.05) is 0 Å². The highest BCUT2D eigenvalue weighted by Crippen LogP contribution is 2.42. The summed E-state index contributed by atoms with van der Waals surface area (Å²) in [5, 5.41) is 0. The van der Waals surface area contributed by atoms with Crippen LogP contribution in [0.25, 0.3) is 0 Å². The van der Waals surface area contributed by atoms with Gasteiger partial charge in [0.05, 0.1) is 13.7 Å². The highest BCUT2D eigenvalue weighted by Gasteiger charge is 2.56. The zero-order chi connectivity index (χ0) is 17.4. The predicted molar refractivity (Wildman–Crippen MR) is 72.7 cm³/mol. The van der Waals surface area contributed by atoms with Crippen molar-refractivity contribution in [2.24, 2.45) is 0 Å². The van der Waals surface area contributed by atoms with Gasteiger partial charge in [-0.3, -0.25) is 4.52 Å². The number of methoxy groups -OCH3 is 1. The van der Waals surface area contributed by atoms with Crippen LogP contribution in [0, 0.1) is 0 Å². The van der Waals surface area contributed by atoms with Gasteiger partial charge < -0.3 is 33.5 Å². The third kappa shape index (κ3) is 4.51. The summed E-state index contributed by atoms with van der Waals surface area (Å²) in [5.74, 6) is -2.02. The summed E-state index contributed by atoms with van der Waals surface area (Å²) in [5.41, 5.74) is 0. The van der Waals surface area contributed by atoms with E-state index < -0.39 is 50.8 Å². The van der Waals surface area contributed by atoms with Crippen molar-refractivity contribution in [3.05, 3.63) is 12.3 Å². The molecule has 132 valence electrons. The quantitative estimate of drug-likeness (QED) is 0.292. The number of hydrogen-bond acceptors (Lipinski definition) is 8. The maximum absolute atomic E-state index is 11.4. The summed E-state index contributed by atoms with van der Waals surface area (Å²) in [6.07, 6.45) is -3.40. The molecule has 2 saturated heterocycles. The average molecular weight is 354 g/mol. The number of ether oxygens (including phenoxy) is 5. The number of carbonyl (C=O) groups excluding carboxylic acids is 1. The smallest absolute Gasteiger partial charge is 0.469 e. The van der Waals surface area contributed by atoms with E-state index in [0.717, 1.165) is 7.11 Å². The Morgan fingerprint density at radius 1 is 1.35 bits per heavy atom. The Kier molecular flexibility index (Phi) is 5.17. The first-order valence-corrected chi connectivity index (χ1v) is 8.20. The second kappa shape index (κ2) is 6.48. The molecule has 0 saturated carbocycles. The van der Waals surface area contributed by atoms with Gasteiger partial charge >= 0.3 is 13.8 Å². The zero-order valence-corrected chi connectivity index (χ0v) is 13.7. The van der Waals surface area contributed by atoms with Gasteiger partial charge in [0.15, 0.2) is 30.0 Å². The van der Waals surface area contributed by atoms with Crippen LogP contribution >= 0.6 is 7.82 Å². The van der Waals surface area contributed by atoms with E-state index in [9.17, 15) is 9.36 Å². The van der Waals surface area contributed by atoms with Crippen LogP contribution in [-0.2, 0) is 37.6 Å². The van der Waals surface area contributed by atoms with Gasteiger partial charge in [0.25, 0.3) is 0 Å². The molecule has 0 aliphatic carbocycles. The summed E-state index contributed by atoms with van der Waals surface area (Å²) in [4.78, 5) is 29.0. The molecule has 23 heavy (non-hydrogen) atoms. The van der Waals surface area contributed by atoms with Gasteiger partial charge in [0.2, 0.25) is 0 Å². The van der Waals surface area contributed by atoms with Gasteiger partial charge in [-0.15, -0.1) is 0 Å². The molecule has 0 spiro atoms. The molecule has 0 bridgehead atoms. The Balaban J connectivity index is 2.10. The lowest BCUT2D eigenvalue weighted by Crippen LogP contribution is -2.39. The highest BCUT2D eigenvalue weighted by atomic mass is 31.2. The van der Waals surface area contributed by atoms with Crippen LogP contribution in [0.4, 0.5) is 0 Å². The second-order valence-electron chi connectivity index (χ2n) is 5.43. The molecular weight excluding hydrogens is 335 g/mol. The first kappa shape index (κ1) is 18.3. The molecule has 0 aromatic heterocycles. The first-order valence-electron chi connectivity index (χ1n) is 6.67. The SMILES string of the molecule is C=C(O[C@H]1[C@@H]2OC(C)(C)O[C@@H]2O[C@@H]1COP(=O)(O)O)C(=O)OC. The topological polar surface area (TPSA) is 130 Å². The normalized spacial score (nSPS) is 32.4. The number of phosphoric ester groups is 1. The van der Waals surface area contributed by atoms with Gasteiger partial charge in [-0.05, 0) is 20.4 Å². The zero-order valence-electron chi connectivity index (χ0n) is 12.8. The van der Waals surface area contributed by atoms with Crippen molar-refractivity contribution in [2.45, 2.75) is 44.2 Å². The van der Waals surface area contributed by atoms with Gasteiger partial charge in [0, 0.05) is 0 Å². The largest absolute Gasteiger partial charge is 0.478 e. The predicted octanol–water partition coefficient (Wildman–Crippen LogP) is 0.0440. The fourth-order valence-corrected chi connectivity index (χ4v) is 2.66. The molecule has 10 nitrogen and oxygen atoms in total. The molecule has 0 aromatic rings. The summed E-state index contributed by atoms with van der Waals surface area (Å²) < 4.78 is 41.9. The van der Waals surface area contributed by atoms with Gasteiger partial charge in [0.1, 0.15) is 6.10 Å². The van der Waals surface area contributed by atoms with E-state index in [1.165, 1.54) is 0 Å². The highest BCUT2D eigenvalue weighted by molar-refractivity contribution is 7.46. The molecule has 2 rings (SSSR count). The lowest BCUT2D eigenvalue weighted by Gasteiger charge is -2.26. The van der Waals surface area contributed by atoms with Crippen LogP contribution in [0.5, 0.6) is 0 Å². The van der Waals surface area contributed by atoms with Crippen molar-refractivity contribution in [2.75, 3.05) is 13.7 Å². The lowest BCUT2D eigenvalue weighted by molar-refractivity contribution is -0.219. The average Bonchev–Trinajstić information content (AvgIpc) is 2.87. The maximum atomic E-state index is 11.4. The molecule has 4 atom stereocenters. The molecule has 0 aromatic carbocycles. The molecule has 0 radical (unpaired) electrons. The summed E-state index contributed by atoms with van der Waals surface area (Å²) in [7, 11) is -3.53. The van der Waals surface area contributed by atoms with Crippen molar-refractivity contribution in [3.8, 4) is 0 Å². The maximum Gasteiger partial charge on any atom is 0.469 e. The van der Waals surface area contributed by atoms with Crippen molar-refractivity contribution >= 4 is 13.8 Å².